The summed E-state index contributed by atoms with van der Waals surface area (Å²) in [5.41, 5.74) is -1.25. The number of carbonyl (C=O) groups is 2. The van der Waals surface area contributed by atoms with Crippen LogP contribution in [0.5, 0.6) is 0 Å². The summed E-state index contributed by atoms with van der Waals surface area (Å²) in [7, 11) is 0. The summed E-state index contributed by atoms with van der Waals surface area (Å²) in [4.78, 5) is 21.7. The first-order valence-corrected chi connectivity index (χ1v) is 6.00. The van der Waals surface area contributed by atoms with E-state index in [1.54, 1.807) is 0 Å². The van der Waals surface area contributed by atoms with Crippen LogP contribution in [0.4, 0.5) is 9.59 Å². The number of ether oxygens (including phenoxy) is 4. The van der Waals surface area contributed by atoms with Gasteiger partial charge in [-0.15, -0.1) is 0 Å². The highest BCUT2D eigenvalue weighted by Gasteiger charge is 2.59. The van der Waals surface area contributed by atoms with E-state index >= 15 is 0 Å². The molecule has 3 unspecified atom stereocenters. The Kier molecular flexibility index (Phi) is 2.64. The Hall–Kier alpha value is -1.39. The molecule has 3 rings (SSSR count). The van der Waals surface area contributed by atoms with Crippen LogP contribution in [-0.4, -0.2) is 54.1 Å². The van der Waals surface area contributed by atoms with Crippen LogP contribution in [0.1, 0.15) is 0 Å². The highest BCUT2D eigenvalue weighted by Crippen LogP contribution is 2.36. The van der Waals surface area contributed by atoms with E-state index < -0.39 is 41.5 Å². The van der Waals surface area contributed by atoms with Gasteiger partial charge in [-0.25, -0.2) is 9.59 Å². The monoisotopic (exact) mass is 280 g/mol. The SMILES string of the molecule is O=C1OCC2(CO1)OS(=O)OC2C1COC(=O)O1. The van der Waals surface area contributed by atoms with Crippen LogP contribution in [0.25, 0.3) is 0 Å². The van der Waals surface area contributed by atoms with Crippen molar-refractivity contribution < 1.29 is 41.1 Å². The molecule has 100 valence electrons. The summed E-state index contributed by atoms with van der Waals surface area (Å²) in [5.74, 6) is 0. The summed E-state index contributed by atoms with van der Waals surface area (Å²) in [6.07, 6.45) is -3.37. The maximum atomic E-state index is 11.3. The van der Waals surface area contributed by atoms with Gasteiger partial charge in [0.1, 0.15) is 19.8 Å². The average Bonchev–Trinajstić information content (AvgIpc) is 2.88. The van der Waals surface area contributed by atoms with Crippen LogP contribution in [0.15, 0.2) is 0 Å². The smallest absolute Gasteiger partial charge is 0.431 e. The van der Waals surface area contributed by atoms with Crippen molar-refractivity contribution >= 4 is 23.7 Å². The van der Waals surface area contributed by atoms with Crippen LogP contribution < -0.4 is 0 Å². The fourth-order valence-corrected chi connectivity index (χ4v) is 2.89. The van der Waals surface area contributed by atoms with Crippen LogP contribution in [0.3, 0.4) is 0 Å². The van der Waals surface area contributed by atoms with Crippen molar-refractivity contribution in [3.8, 4) is 0 Å². The summed E-state index contributed by atoms with van der Waals surface area (Å²) in [6, 6.07) is 0. The largest absolute Gasteiger partial charge is 0.508 e. The van der Waals surface area contributed by atoms with Crippen molar-refractivity contribution in [3.63, 3.8) is 0 Å². The zero-order valence-electron chi connectivity index (χ0n) is 8.86. The van der Waals surface area contributed by atoms with E-state index in [-0.39, 0.29) is 19.8 Å². The molecule has 10 heteroatoms. The standard InChI is InChI=1S/C8H8O9S/c9-6-13-2-8(3-14-6)5(16-18(11)17-8)4-1-12-7(10)15-4/h4-5H,1-3H2. The van der Waals surface area contributed by atoms with Crippen LogP contribution in [0, 0.1) is 0 Å². The normalized spacial score (nSPS) is 37.9. The van der Waals surface area contributed by atoms with E-state index in [1.165, 1.54) is 0 Å². The summed E-state index contributed by atoms with van der Waals surface area (Å²) in [6.45, 7) is -0.452. The van der Waals surface area contributed by atoms with E-state index in [1.807, 2.05) is 0 Å². The Labute approximate surface area is 103 Å². The molecule has 3 aliphatic heterocycles. The number of cyclic esters (lactones) is 4. The van der Waals surface area contributed by atoms with Gasteiger partial charge in [-0.2, -0.15) is 4.21 Å². The molecule has 0 aromatic rings. The zero-order chi connectivity index (χ0) is 12.8. The second-order valence-corrected chi connectivity index (χ2v) is 4.68. The van der Waals surface area contributed by atoms with Crippen molar-refractivity contribution in [1.82, 2.24) is 0 Å². The molecular formula is C8H8O9S. The summed E-state index contributed by atoms with van der Waals surface area (Å²) >= 11 is -2.03. The van der Waals surface area contributed by atoms with Gasteiger partial charge < -0.3 is 18.9 Å². The van der Waals surface area contributed by atoms with E-state index in [9.17, 15) is 13.8 Å². The third kappa shape index (κ3) is 1.82. The number of carbonyl (C=O) groups excluding carboxylic acids is 2. The third-order valence-electron chi connectivity index (χ3n) is 2.75. The Balaban J connectivity index is 1.81. The van der Waals surface area contributed by atoms with Gasteiger partial charge in [0.2, 0.25) is 0 Å². The van der Waals surface area contributed by atoms with Crippen molar-refractivity contribution in [2.75, 3.05) is 19.8 Å². The molecule has 0 radical (unpaired) electrons. The topological polar surface area (TPSA) is 107 Å². The Morgan fingerprint density at radius 3 is 2.44 bits per heavy atom. The fourth-order valence-electron chi connectivity index (χ4n) is 1.92. The van der Waals surface area contributed by atoms with Crippen molar-refractivity contribution in [2.45, 2.75) is 17.8 Å². The maximum Gasteiger partial charge on any atom is 0.508 e. The minimum Gasteiger partial charge on any atom is -0.431 e. The third-order valence-corrected chi connectivity index (χ3v) is 3.59. The molecule has 0 aromatic heterocycles. The van der Waals surface area contributed by atoms with Gasteiger partial charge in [-0.05, 0) is 0 Å². The average molecular weight is 280 g/mol. The molecule has 0 bridgehead atoms. The lowest BCUT2D eigenvalue weighted by molar-refractivity contribution is -0.132. The van der Waals surface area contributed by atoms with Gasteiger partial charge in [0.05, 0.1) is 0 Å². The second kappa shape index (κ2) is 4.07. The first-order chi connectivity index (χ1) is 8.59. The molecule has 18 heavy (non-hydrogen) atoms. The predicted octanol–water partition coefficient (Wildman–Crippen LogP) is -0.579. The molecule has 9 nitrogen and oxygen atoms in total. The van der Waals surface area contributed by atoms with Gasteiger partial charge in [-0.1, -0.05) is 0 Å². The molecule has 3 fully saturated rings. The molecule has 3 atom stereocenters. The first kappa shape index (κ1) is 11.7. The zero-order valence-corrected chi connectivity index (χ0v) is 9.68. The number of rotatable bonds is 1. The highest BCUT2D eigenvalue weighted by atomic mass is 32.2. The molecule has 0 saturated carbocycles. The number of hydrogen-bond acceptors (Lipinski definition) is 9. The lowest BCUT2D eigenvalue weighted by atomic mass is 9.94. The van der Waals surface area contributed by atoms with E-state index in [0.717, 1.165) is 0 Å². The molecule has 1 spiro atoms. The molecule has 0 aliphatic carbocycles. The molecule has 3 aliphatic rings. The lowest BCUT2D eigenvalue weighted by Gasteiger charge is -2.33. The molecule has 3 heterocycles. The van der Waals surface area contributed by atoms with Crippen molar-refractivity contribution in [1.29, 1.82) is 0 Å². The lowest BCUT2D eigenvalue weighted by Crippen LogP contribution is -2.57. The molecular weight excluding hydrogens is 272 g/mol. The molecule has 0 amide bonds. The minimum atomic E-state index is -2.03. The molecule has 3 saturated heterocycles. The Bertz CT molecular complexity index is 411. The molecule has 0 N–H and O–H groups in total. The van der Waals surface area contributed by atoms with E-state index in [2.05, 4.69) is 4.74 Å². The van der Waals surface area contributed by atoms with Gasteiger partial charge in [-0.3, -0.25) is 8.37 Å². The van der Waals surface area contributed by atoms with Gasteiger partial charge >= 0.3 is 23.7 Å². The van der Waals surface area contributed by atoms with E-state index in [4.69, 9.17) is 22.6 Å². The van der Waals surface area contributed by atoms with Crippen molar-refractivity contribution in [3.05, 3.63) is 0 Å². The second-order valence-electron chi connectivity index (χ2n) is 3.91. The number of hydrogen-bond donors (Lipinski definition) is 0. The molecule has 0 aromatic carbocycles. The summed E-state index contributed by atoms with van der Waals surface area (Å²) in [5, 5.41) is 0. The Morgan fingerprint density at radius 2 is 1.83 bits per heavy atom. The minimum absolute atomic E-state index is 0.0558. The first-order valence-electron chi connectivity index (χ1n) is 5.00. The Morgan fingerprint density at radius 1 is 1.11 bits per heavy atom. The van der Waals surface area contributed by atoms with Crippen LogP contribution in [-0.2, 0) is 38.7 Å². The van der Waals surface area contributed by atoms with E-state index in [0.29, 0.717) is 0 Å². The summed E-state index contributed by atoms with van der Waals surface area (Å²) < 4.78 is 40.4. The van der Waals surface area contributed by atoms with Gasteiger partial charge in [0, 0.05) is 0 Å². The maximum absolute atomic E-state index is 11.3. The predicted molar refractivity (Wildman–Crippen MR) is 50.4 cm³/mol. The van der Waals surface area contributed by atoms with Crippen molar-refractivity contribution in [2.24, 2.45) is 0 Å². The highest BCUT2D eigenvalue weighted by molar-refractivity contribution is 7.75. The van der Waals surface area contributed by atoms with Crippen LogP contribution in [0.2, 0.25) is 0 Å². The quantitative estimate of drug-likeness (QED) is 0.583. The van der Waals surface area contributed by atoms with Gasteiger partial charge in [0.15, 0.2) is 17.8 Å². The van der Waals surface area contributed by atoms with Gasteiger partial charge in [0.25, 0.3) is 0 Å². The van der Waals surface area contributed by atoms with Crippen LogP contribution >= 0.6 is 0 Å². The fraction of sp³-hybridized carbons (Fsp3) is 0.750.